The number of nitrogens with zero attached hydrogens (tertiary/aromatic N) is 2. The summed E-state index contributed by atoms with van der Waals surface area (Å²) < 4.78 is 17.6. The molecule has 0 saturated carbocycles. The van der Waals surface area contributed by atoms with Gasteiger partial charge in [-0.2, -0.15) is 0 Å². The Hall–Kier alpha value is -0.990. The zero-order chi connectivity index (χ0) is 17.6. The van der Waals surface area contributed by atoms with E-state index in [4.69, 9.17) is 0 Å². The van der Waals surface area contributed by atoms with Gasteiger partial charge in [-0.3, -0.25) is 9.34 Å². The Kier molecular flexibility index (Phi) is 4.62. The van der Waals surface area contributed by atoms with Crippen molar-refractivity contribution >= 4 is 19.0 Å². The Balaban J connectivity index is 1.80. The van der Waals surface area contributed by atoms with E-state index in [9.17, 15) is 9.46 Å². The smallest absolute Gasteiger partial charge is 0.313 e. The molecule has 0 saturated heterocycles. The maximum Gasteiger partial charge on any atom is 0.395 e. The quantitative estimate of drug-likeness (QED) is 0.686. The largest absolute Gasteiger partial charge is 0.395 e. The van der Waals surface area contributed by atoms with E-state index >= 15 is 0 Å². The summed E-state index contributed by atoms with van der Waals surface area (Å²) in [5, 5.41) is 0. The lowest BCUT2D eigenvalue weighted by molar-refractivity contribution is 0.430. The predicted molar refractivity (Wildman–Crippen MR) is 104 cm³/mol. The van der Waals surface area contributed by atoms with Crippen molar-refractivity contribution in [3.05, 3.63) is 23.3 Å². The van der Waals surface area contributed by atoms with Gasteiger partial charge >= 0.3 is 7.67 Å². The highest BCUT2D eigenvalue weighted by molar-refractivity contribution is 7.62. The number of unbranched alkanes of at least 4 members (excludes halogenated alkanes) is 2. The van der Waals surface area contributed by atoms with Crippen LogP contribution in [0.1, 0.15) is 76.3 Å². The van der Waals surface area contributed by atoms with Crippen molar-refractivity contribution in [1.29, 1.82) is 0 Å². The number of anilines is 2. The van der Waals surface area contributed by atoms with Crippen molar-refractivity contribution in [3.63, 3.8) is 0 Å². The van der Waals surface area contributed by atoms with E-state index in [1.807, 2.05) is 9.34 Å². The van der Waals surface area contributed by atoms with Crippen LogP contribution in [0.4, 0.5) is 11.4 Å². The monoisotopic (exact) mass is 362 g/mol. The van der Waals surface area contributed by atoms with Crippen molar-refractivity contribution < 1.29 is 9.46 Å². The topological polar surface area (TPSA) is 43.8 Å². The van der Waals surface area contributed by atoms with Gasteiger partial charge in [0.15, 0.2) is 0 Å². The zero-order valence-corrected chi connectivity index (χ0v) is 16.5. The van der Waals surface area contributed by atoms with Gasteiger partial charge in [-0.15, -0.1) is 0 Å². The zero-order valence-electron chi connectivity index (χ0n) is 15.6. The normalized spacial score (nSPS) is 26.0. The molecule has 138 valence electrons. The van der Waals surface area contributed by atoms with Crippen LogP contribution in [0.15, 0.2) is 12.1 Å². The van der Waals surface area contributed by atoms with Crippen LogP contribution >= 0.6 is 7.67 Å². The number of aryl methyl sites for hydroxylation is 2. The molecule has 0 aromatic heterocycles. The predicted octanol–water partition coefficient (Wildman–Crippen LogP) is 5.42. The van der Waals surface area contributed by atoms with E-state index in [0.29, 0.717) is 0 Å². The second-order valence-electron chi connectivity index (χ2n) is 7.95. The van der Waals surface area contributed by atoms with E-state index in [1.54, 1.807) is 0 Å². The lowest BCUT2D eigenvalue weighted by Crippen LogP contribution is -2.40. The van der Waals surface area contributed by atoms with Gasteiger partial charge in [0.25, 0.3) is 0 Å². The van der Waals surface area contributed by atoms with Gasteiger partial charge in [0.05, 0.1) is 11.4 Å². The first-order valence-electron chi connectivity index (χ1n) is 10.2. The van der Waals surface area contributed by atoms with Crippen molar-refractivity contribution in [1.82, 2.24) is 0 Å². The Labute approximate surface area is 151 Å². The highest BCUT2D eigenvalue weighted by atomic mass is 31.2. The summed E-state index contributed by atoms with van der Waals surface area (Å²) in [5.41, 5.74) is 4.77. The Bertz CT molecular complexity index is 650. The number of benzene rings is 1. The van der Waals surface area contributed by atoms with Crippen molar-refractivity contribution in [2.24, 2.45) is 0 Å². The molecule has 2 atom stereocenters. The van der Waals surface area contributed by atoms with E-state index in [-0.39, 0.29) is 12.1 Å². The molecule has 0 fully saturated rings. The van der Waals surface area contributed by atoms with Crippen LogP contribution in [-0.4, -0.2) is 17.0 Å². The third-order valence-corrected chi connectivity index (χ3v) is 8.48. The maximum atomic E-state index is 13.7. The van der Waals surface area contributed by atoms with Crippen LogP contribution in [-0.2, 0) is 17.4 Å². The molecule has 1 aromatic carbocycles. The molecule has 0 unspecified atom stereocenters. The molecule has 0 radical (unpaired) electrons. The summed E-state index contributed by atoms with van der Waals surface area (Å²) in [5.74, 6) is 0. The van der Waals surface area contributed by atoms with E-state index in [1.165, 1.54) is 11.1 Å². The van der Waals surface area contributed by atoms with Crippen LogP contribution < -0.4 is 9.34 Å². The first-order valence-corrected chi connectivity index (χ1v) is 11.7. The molecule has 0 aliphatic carbocycles. The maximum absolute atomic E-state index is 13.7. The highest BCUT2D eigenvalue weighted by Crippen LogP contribution is 2.69. The number of hydrogen-bond acceptors (Lipinski definition) is 1. The van der Waals surface area contributed by atoms with Crippen LogP contribution in [0, 0.1) is 0 Å². The molecule has 0 amide bonds. The van der Waals surface area contributed by atoms with Gasteiger partial charge in [0, 0.05) is 12.1 Å². The lowest BCUT2D eigenvalue weighted by atomic mass is 9.88. The van der Waals surface area contributed by atoms with Gasteiger partial charge in [-0.1, -0.05) is 51.7 Å². The fraction of sp³-hybridized carbons (Fsp3) is 0.700. The fourth-order valence-corrected chi connectivity index (χ4v) is 7.52. The first-order chi connectivity index (χ1) is 12.1. The molecule has 1 aromatic rings. The fourth-order valence-electron chi connectivity index (χ4n) is 5.03. The van der Waals surface area contributed by atoms with Gasteiger partial charge in [-0.05, 0) is 49.7 Å². The first kappa shape index (κ1) is 17.4. The summed E-state index contributed by atoms with van der Waals surface area (Å²) in [7, 11) is -3.52. The van der Waals surface area contributed by atoms with E-state index in [0.717, 1.165) is 75.6 Å². The van der Waals surface area contributed by atoms with Crippen molar-refractivity contribution in [2.75, 3.05) is 9.34 Å². The third kappa shape index (κ3) is 2.64. The minimum absolute atomic E-state index is 0.215. The molecule has 4 nitrogen and oxygen atoms in total. The molecule has 25 heavy (non-hydrogen) atoms. The SMILES string of the molecule is CCCC[C@@H]1CCc2ccc3c4c2N1P(=O)(O)N4[C@H](CCCC)CC3. The van der Waals surface area contributed by atoms with Gasteiger partial charge in [0.1, 0.15) is 0 Å². The second-order valence-corrected chi connectivity index (χ2v) is 9.84. The molecule has 1 N–H and O–H groups in total. The van der Waals surface area contributed by atoms with Crippen LogP contribution in [0.3, 0.4) is 0 Å². The third-order valence-electron chi connectivity index (χ3n) is 6.31. The molecular weight excluding hydrogens is 331 g/mol. The second kappa shape index (κ2) is 6.63. The van der Waals surface area contributed by atoms with Gasteiger partial charge in [-0.25, -0.2) is 4.57 Å². The molecule has 3 aliphatic heterocycles. The summed E-state index contributed by atoms with van der Waals surface area (Å²) >= 11 is 0. The summed E-state index contributed by atoms with van der Waals surface area (Å²) in [4.78, 5) is 11.3. The molecule has 4 rings (SSSR count). The molecule has 0 spiro atoms. The Morgan fingerprint density at radius 3 is 1.80 bits per heavy atom. The summed E-state index contributed by atoms with van der Waals surface area (Å²) in [6, 6.07) is 4.86. The molecular formula is C20H31N2O2P. The highest BCUT2D eigenvalue weighted by Gasteiger charge is 2.54. The minimum Gasteiger partial charge on any atom is -0.313 e. The molecule has 0 bridgehead atoms. The van der Waals surface area contributed by atoms with E-state index < -0.39 is 7.67 Å². The summed E-state index contributed by atoms with van der Waals surface area (Å²) in [6.07, 6.45) is 10.7. The molecule has 3 heterocycles. The van der Waals surface area contributed by atoms with Crippen LogP contribution in [0.5, 0.6) is 0 Å². The van der Waals surface area contributed by atoms with Crippen molar-refractivity contribution in [2.45, 2.75) is 90.1 Å². The average molecular weight is 362 g/mol. The summed E-state index contributed by atoms with van der Waals surface area (Å²) in [6.45, 7) is 4.40. The molecule has 3 aliphatic rings. The lowest BCUT2D eigenvalue weighted by Gasteiger charge is -2.39. The number of hydrogen-bond donors (Lipinski definition) is 1. The molecule has 5 heteroatoms. The van der Waals surface area contributed by atoms with Gasteiger partial charge < -0.3 is 4.89 Å². The van der Waals surface area contributed by atoms with Crippen LogP contribution in [0.2, 0.25) is 0 Å². The average Bonchev–Trinajstić information content (AvgIpc) is 2.87. The Morgan fingerprint density at radius 2 is 1.40 bits per heavy atom. The Morgan fingerprint density at radius 1 is 0.960 bits per heavy atom. The minimum atomic E-state index is -3.52. The number of rotatable bonds is 6. The van der Waals surface area contributed by atoms with Crippen LogP contribution in [0.25, 0.3) is 0 Å². The standard InChI is InChI=1S/C20H31N2O2P/c1-3-5-7-17-13-11-15-9-10-16-12-14-18(8-6-4-2)22-20(16)19(15)21(17)25(22,23)24/h9-10,17-18H,3-8,11-14H2,1-2H3,(H,23,24)/t17-,18-/m1/s1. The van der Waals surface area contributed by atoms with E-state index in [2.05, 4.69) is 26.0 Å². The van der Waals surface area contributed by atoms with Crippen molar-refractivity contribution in [3.8, 4) is 0 Å². The van der Waals surface area contributed by atoms with Gasteiger partial charge in [0.2, 0.25) is 0 Å².